The Kier molecular flexibility index (Phi) is 5.37. The molecule has 0 aromatic heterocycles. The fourth-order valence-corrected chi connectivity index (χ4v) is 4.34. The lowest BCUT2D eigenvalue weighted by atomic mass is 9.93. The minimum Gasteiger partial charge on any atom is -0.493 e. The number of aliphatic hydroxyl groups is 1. The average molecular weight is 367 g/mol. The smallest absolute Gasteiger partial charge is 0.161 e. The van der Waals surface area contributed by atoms with E-state index in [2.05, 4.69) is 17.0 Å². The van der Waals surface area contributed by atoms with E-state index in [0.29, 0.717) is 12.6 Å². The summed E-state index contributed by atoms with van der Waals surface area (Å²) in [5.41, 5.74) is 1.44. The Morgan fingerprint density at radius 1 is 1.07 bits per heavy atom. The molecule has 1 aliphatic carbocycles. The van der Waals surface area contributed by atoms with Crippen molar-refractivity contribution < 1.29 is 14.6 Å². The van der Waals surface area contributed by atoms with Gasteiger partial charge in [-0.3, -0.25) is 4.90 Å². The van der Waals surface area contributed by atoms with Gasteiger partial charge in [-0.1, -0.05) is 36.4 Å². The number of benzene rings is 2. The Hall–Kier alpha value is -2.04. The second kappa shape index (κ2) is 7.91. The van der Waals surface area contributed by atoms with Crippen LogP contribution in [0.3, 0.4) is 0 Å². The van der Waals surface area contributed by atoms with Crippen molar-refractivity contribution in [2.24, 2.45) is 0 Å². The lowest BCUT2D eigenvalue weighted by molar-refractivity contribution is 0.0453. The molecule has 2 aliphatic rings. The lowest BCUT2D eigenvalue weighted by Gasteiger charge is -2.24. The second-order valence-corrected chi connectivity index (χ2v) is 7.87. The molecule has 4 rings (SSSR count). The summed E-state index contributed by atoms with van der Waals surface area (Å²) in [5, 5.41) is 11.0. The SMILES string of the molecule is COc1cc(CN2CCC(O)(c3ccccc3)C2)ccc1OC1CCCC1. The summed E-state index contributed by atoms with van der Waals surface area (Å²) in [5.74, 6) is 1.65. The van der Waals surface area contributed by atoms with Crippen molar-refractivity contribution in [2.75, 3.05) is 20.2 Å². The summed E-state index contributed by atoms with van der Waals surface area (Å²) in [7, 11) is 1.70. The van der Waals surface area contributed by atoms with Crippen molar-refractivity contribution in [3.63, 3.8) is 0 Å². The summed E-state index contributed by atoms with van der Waals surface area (Å²) in [4.78, 5) is 2.30. The highest BCUT2D eigenvalue weighted by Gasteiger charge is 2.37. The third-order valence-electron chi connectivity index (χ3n) is 5.87. The van der Waals surface area contributed by atoms with Gasteiger partial charge in [-0.25, -0.2) is 0 Å². The summed E-state index contributed by atoms with van der Waals surface area (Å²) in [6.45, 7) is 2.34. The van der Waals surface area contributed by atoms with Crippen LogP contribution >= 0.6 is 0 Å². The van der Waals surface area contributed by atoms with Gasteiger partial charge in [0.1, 0.15) is 5.60 Å². The first-order chi connectivity index (χ1) is 13.2. The van der Waals surface area contributed by atoms with Crippen LogP contribution in [-0.4, -0.2) is 36.3 Å². The standard InChI is InChI=1S/C23H29NO3/c1-26-22-15-18(11-12-21(22)27-20-9-5-6-10-20)16-24-14-13-23(25,17-24)19-7-3-2-4-8-19/h2-4,7-8,11-12,15,20,25H,5-6,9-10,13-14,16-17H2,1H3. The lowest BCUT2D eigenvalue weighted by Crippen LogP contribution is -2.30. The highest BCUT2D eigenvalue weighted by atomic mass is 16.5. The van der Waals surface area contributed by atoms with E-state index < -0.39 is 5.60 Å². The first kappa shape index (κ1) is 18.3. The highest BCUT2D eigenvalue weighted by molar-refractivity contribution is 5.43. The molecule has 0 spiro atoms. The molecule has 4 nitrogen and oxygen atoms in total. The molecule has 2 fully saturated rings. The van der Waals surface area contributed by atoms with Crippen molar-refractivity contribution >= 4 is 0 Å². The van der Waals surface area contributed by atoms with Crippen LogP contribution in [0.15, 0.2) is 48.5 Å². The maximum Gasteiger partial charge on any atom is 0.161 e. The number of hydrogen-bond acceptors (Lipinski definition) is 4. The Balaban J connectivity index is 1.42. The second-order valence-electron chi connectivity index (χ2n) is 7.87. The zero-order chi connectivity index (χ0) is 18.7. The zero-order valence-corrected chi connectivity index (χ0v) is 16.1. The van der Waals surface area contributed by atoms with Gasteiger partial charge in [0.25, 0.3) is 0 Å². The van der Waals surface area contributed by atoms with E-state index in [4.69, 9.17) is 9.47 Å². The number of methoxy groups -OCH3 is 1. The Morgan fingerprint density at radius 3 is 2.59 bits per heavy atom. The molecule has 1 atom stereocenters. The van der Waals surface area contributed by atoms with E-state index in [0.717, 1.165) is 49.4 Å². The number of rotatable bonds is 6. The third-order valence-corrected chi connectivity index (χ3v) is 5.87. The molecule has 1 aliphatic heterocycles. The predicted molar refractivity (Wildman–Crippen MR) is 106 cm³/mol. The van der Waals surface area contributed by atoms with Crippen LogP contribution < -0.4 is 9.47 Å². The summed E-state index contributed by atoms with van der Waals surface area (Å²) in [6.07, 6.45) is 5.86. The van der Waals surface area contributed by atoms with E-state index in [9.17, 15) is 5.11 Å². The van der Waals surface area contributed by atoms with E-state index in [1.54, 1.807) is 7.11 Å². The van der Waals surface area contributed by atoms with E-state index >= 15 is 0 Å². The molecule has 1 saturated carbocycles. The van der Waals surface area contributed by atoms with Gasteiger partial charge < -0.3 is 14.6 Å². The van der Waals surface area contributed by atoms with Crippen molar-refractivity contribution in [1.29, 1.82) is 0 Å². The number of ether oxygens (including phenoxy) is 2. The first-order valence-electron chi connectivity index (χ1n) is 10.0. The number of β-amino-alcohol motifs (C(OH)–C–C–N with tert-alkyl or cyclic N) is 1. The predicted octanol–water partition coefficient (Wildman–Crippen LogP) is 4.11. The molecule has 1 unspecified atom stereocenters. The van der Waals surface area contributed by atoms with Gasteiger partial charge in [0, 0.05) is 19.6 Å². The van der Waals surface area contributed by atoms with Gasteiger partial charge in [-0.2, -0.15) is 0 Å². The molecule has 0 radical (unpaired) electrons. The molecular formula is C23H29NO3. The van der Waals surface area contributed by atoms with Crippen molar-refractivity contribution in [3.05, 3.63) is 59.7 Å². The fraction of sp³-hybridized carbons (Fsp3) is 0.478. The molecule has 27 heavy (non-hydrogen) atoms. The van der Waals surface area contributed by atoms with Gasteiger partial charge >= 0.3 is 0 Å². The molecule has 2 aromatic carbocycles. The summed E-state index contributed by atoms with van der Waals surface area (Å²) < 4.78 is 11.7. The molecule has 2 aromatic rings. The van der Waals surface area contributed by atoms with Crippen LogP contribution in [0.2, 0.25) is 0 Å². The zero-order valence-electron chi connectivity index (χ0n) is 16.1. The summed E-state index contributed by atoms with van der Waals surface area (Å²) >= 11 is 0. The molecule has 144 valence electrons. The quantitative estimate of drug-likeness (QED) is 0.834. The number of nitrogens with zero attached hydrogens (tertiary/aromatic N) is 1. The fourth-order valence-electron chi connectivity index (χ4n) is 4.34. The molecule has 0 amide bonds. The highest BCUT2D eigenvalue weighted by Crippen LogP contribution is 2.35. The van der Waals surface area contributed by atoms with Gasteiger partial charge in [0.2, 0.25) is 0 Å². The van der Waals surface area contributed by atoms with E-state index in [1.807, 2.05) is 36.4 Å². The van der Waals surface area contributed by atoms with Crippen molar-refractivity contribution in [1.82, 2.24) is 4.90 Å². The number of hydrogen-bond donors (Lipinski definition) is 1. The Labute approximate surface area is 161 Å². The van der Waals surface area contributed by atoms with Gasteiger partial charge in [0.05, 0.1) is 13.2 Å². The molecule has 1 heterocycles. The molecule has 0 bridgehead atoms. The Bertz CT molecular complexity index is 757. The third kappa shape index (κ3) is 4.12. The van der Waals surface area contributed by atoms with Crippen LogP contribution in [0.25, 0.3) is 0 Å². The minimum absolute atomic E-state index is 0.323. The van der Waals surface area contributed by atoms with Gasteiger partial charge in [0.15, 0.2) is 11.5 Å². The van der Waals surface area contributed by atoms with Crippen molar-refractivity contribution in [2.45, 2.75) is 50.4 Å². The van der Waals surface area contributed by atoms with Crippen LogP contribution in [-0.2, 0) is 12.1 Å². The minimum atomic E-state index is -0.753. The van der Waals surface area contributed by atoms with E-state index in [1.165, 1.54) is 18.4 Å². The van der Waals surface area contributed by atoms with Gasteiger partial charge in [-0.05, 0) is 55.4 Å². The maximum atomic E-state index is 11.0. The molecule has 1 N–H and O–H groups in total. The van der Waals surface area contributed by atoms with Crippen molar-refractivity contribution in [3.8, 4) is 11.5 Å². The average Bonchev–Trinajstić information content (AvgIpc) is 3.34. The van der Waals surface area contributed by atoms with Gasteiger partial charge in [-0.15, -0.1) is 0 Å². The van der Waals surface area contributed by atoms with E-state index in [-0.39, 0.29) is 0 Å². The normalized spacial score (nSPS) is 23.6. The van der Waals surface area contributed by atoms with Crippen LogP contribution in [0, 0.1) is 0 Å². The van der Waals surface area contributed by atoms with Crippen LogP contribution in [0.4, 0.5) is 0 Å². The first-order valence-corrected chi connectivity index (χ1v) is 10.0. The summed E-state index contributed by atoms with van der Waals surface area (Å²) in [6, 6.07) is 16.2. The van der Waals surface area contributed by atoms with Crippen LogP contribution in [0.5, 0.6) is 11.5 Å². The molecule has 1 saturated heterocycles. The monoisotopic (exact) mass is 367 g/mol. The molecular weight excluding hydrogens is 338 g/mol. The van der Waals surface area contributed by atoms with Crippen LogP contribution in [0.1, 0.15) is 43.2 Å². The molecule has 4 heteroatoms. The largest absolute Gasteiger partial charge is 0.493 e. The number of likely N-dealkylation sites (tertiary alicyclic amines) is 1. The topological polar surface area (TPSA) is 41.9 Å². The maximum absolute atomic E-state index is 11.0. The Morgan fingerprint density at radius 2 is 1.85 bits per heavy atom.